The van der Waals surface area contributed by atoms with Crippen molar-refractivity contribution < 1.29 is 15.0 Å². The second-order valence-electron chi connectivity index (χ2n) is 11.7. The molecule has 0 unspecified atom stereocenters. The molecule has 0 saturated heterocycles. The first-order chi connectivity index (χ1) is 17.4. The number of allylic oxidation sites excluding steroid dienone is 1. The average molecular weight is 485 g/mol. The quantitative estimate of drug-likeness (QED) is 0.579. The molecular weight excluding hydrogens is 448 g/mol. The van der Waals surface area contributed by atoms with Crippen LogP contribution in [0.1, 0.15) is 63.4 Å². The van der Waals surface area contributed by atoms with Gasteiger partial charge in [0.25, 0.3) is 0 Å². The van der Waals surface area contributed by atoms with Crippen LogP contribution in [-0.4, -0.2) is 38.2 Å². The van der Waals surface area contributed by atoms with Crippen molar-refractivity contribution in [2.24, 2.45) is 29.1 Å². The van der Waals surface area contributed by atoms with Gasteiger partial charge in [-0.05, 0) is 85.3 Å². The highest BCUT2D eigenvalue weighted by Crippen LogP contribution is 2.68. The molecular formula is C31H36N2O3. The molecule has 4 aliphatic rings. The molecule has 0 spiro atoms. The lowest BCUT2D eigenvalue weighted by Crippen LogP contribution is -2.54. The Labute approximate surface area is 213 Å². The lowest BCUT2D eigenvalue weighted by Gasteiger charge is -2.58. The molecule has 0 radical (unpaired) electrons. The van der Waals surface area contributed by atoms with Crippen LogP contribution in [0.3, 0.4) is 0 Å². The van der Waals surface area contributed by atoms with Crippen molar-refractivity contribution in [3.8, 4) is 11.1 Å². The van der Waals surface area contributed by atoms with Crippen molar-refractivity contribution >= 4 is 5.78 Å². The summed E-state index contributed by atoms with van der Waals surface area (Å²) in [6.45, 7) is 2.24. The minimum absolute atomic E-state index is 0.0482. The van der Waals surface area contributed by atoms with Crippen LogP contribution in [0.5, 0.6) is 0 Å². The lowest BCUT2D eigenvalue weighted by molar-refractivity contribution is -0.117. The van der Waals surface area contributed by atoms with Gasteiger partial charge in [0.05, 0.1) is 12.2 Å². The molecule has 1 aromatic heterocycles. The number of aromatic nitrogens is 2. The molecule has 1 aromatic carbocycles. The molecule has 1 heterocycles. The molecule has 0 bridgehead atoms. The summed E-state index contributed by atoms with van der Waals surface area (Å²) in [6.07, 6.45) is 17.2. The Morgan fingerprint density at radius 2 is 1.81 bits per heavy atom. The Morgan fingerprint density at radius 1 is 1.03 bits per heavy atom. The Balaban J connectivity index is 1.42. The number of rotatable bonds is 4. The first-order valence-electron chi connectivity index (χ1n) is 13.5. The highest BCUT2D eigenvalue weighted by atomic mass is 16.3. The lowest BCUT2D eigenvalue weighted by atomic mass is 9.46. The van der Waals surface area contributed by atoms with E-state index in [0.29, 0.717) is 36.0 Å². The number of carbonyl (C=O) groups excluding carboxylic acids is 1. The minimum atomic E-state index is -0.899. The highest BCUT2D eigenvalue weighted by Gasteiger charge is 2.63. The smallest absolute Gasteiger partial charge is 0.155 e. The first kappa shape index (κ1) is 23.7. The molecule has 36 heavy (non-hydrogen) atoms. The summed E-state index contributed by atoms with van der Waals surface area (Å²) in [6, 6.07) is 8.87. The fourth-order valence-electron chi connectivity index (χ4n) is 8.58. The molecule has 3 fully saturated rings. The topological polar surface area (TPSA) is 83.3 Å². The highest BCUT2D eigenvalue weighted by molar-refractivity contribution is 5.91. The van der Waals surface area contributed by atoms with Gasteiger partial charge in [0.1, 0.15) is 6.33 Å². The van der Waals surface area contributed by atoms with E-state index in [9.17, 15) is 15.0 Å². The summed E-state index contributed by atoms with van der Waals surface area (Å²) in [7, 11) is 0. The van der Waals surface area contributed by atoms with Crippen molar-refractivity contribution in [2.75, 3.05) is 6.61 Å². The molecule has 4 aliphatic carbocycles. The van der Waals surface area contributed by atoms with E-state index in [0.717, 1.165) is 49.7 Å². The SMILES string of the molecule is C[C@]12C[C@H](c3ccc(-c4cncnc4)cc3)[C@H]3[C@@H](CCC4=CC(=O)CC[C@@H]43)[C@@H]1CC[C@@]2(O)/C=C\CO. The molecule has 0 aliphatic heterocycles. The van der Waals surface area contributed by atoms with E-state index < -0.39 is 5.60 Å². The summed E-state index contributed by atoms with van der Waals surface area (Å²) in [5, 5.41) is 21.4. The van der Waals surface area contributed by atoms with Crippen molar-refractivity contribution in [2.45, 2.75) is 63.4 Å². The Hall–Kier alpha value is -2.63. The van der Waals surface area contributed by atoms with Crippen molar-refractivity contribution in [1.82, 2.24) is 9.97 Å². The molecule has 7 atom stereocenters. The first-order valence-corrected chi connectivity index (χ1v) is 13.5. The van der Waals surface area contributed by atoms with Gasteiger partial charge < -0.3 is 10.2 Å². The number of hydrogen-bond acceptors (Lipinski definition) is 5. The third-order valence-corrected chi connectivity index (χ3v) is 10.3. The predicted molar refractivity (Wildman–Crippen MR) is 139 cm³/mol. The molecule has 2 aromatic rings. The third kappa shape index (κ3) is 3.71. The zero-order valence-corrected chi connectivity index (χ0v) is 21.0. The number of aliphatic hydroxyl groups is 2. The molecule has 188 valence electrons. The van der Waals surface area contributed by atoms with Crippen LogP contribution >= 0.6 is 0 Å². The maximum atomic E-state index is 12.3. The van der Waals surface area contributed by atoms with Crippen LogP contribution < -0.4 is 0 Å². The Kier molecular flexibility index (Phi) is 5.96. The minimum Gasteiger partial charge on any atom is -0.392 e. The fraction of sp³-hybridized carbons (Fsp3) is 0.516. The van der Waals surface area contributed by atoms with E-state index in [1.165, 1.54) is 11.1 Å². The van der Waals surface area contributed by atoms with Crippen molar-refractivity contribution in [3.63, 3.8) is 0 Å². The van der Waals surface area contributed by atoms with E-state index in [2.05, 4.69) is 41.2 Å². The fourth-order valence-corrected chi connectivity index (χ4v) is 8.58. The largest absolute Gasteiger partial charge is 0.392 e. The maximum absolute atomic E-state index is 12.3. The standard InChI is InChI=1S/C31H36N2O3/c1-30-16-27(21-5-3-20(4-6-21)23-17-32-19-33-18-23)29-25-10-8-24(35)15-22(25)7-9-26(29)28(30)11-13-31(30,36)12-2-14-34/h2-6,12,15,17-19,25-29,34,36H,7-11,13-14,16H2,1H3/b12-2-/t25-,26-,27+,28-,29+,30-,31-/m0/s1. The number of nitrogens with zero attached hydrogens (tertiary/aromatic N) is 2. The maximum Gasteiger partial charge on any atom is 0.155 e. The van der Waals surface area contributed by atoms with Crippen LogP contribution in [0.2, 0.25) is 0 Å². The van der Waals surface area contributed by atoms with Gasteiger partial charge in [-0.2, -0.15) is 0 Å². The molecule has 5 heteroatoms. The molecule has 0 amide bonds. The summed E-state index contributed by atoms with van der Waals surface area (Å²) in [4.78, 5) is 20.6. The van der Waals surface area contributed by atoms with Gasteiger partial charge in [-0.15, -0.1) is 0 Å². The van der Waals surface area contributed by atoms with Gasteiger partial charge in [-0.3, -0.25) is 4.79 Å². The Morgan fingerprint density at radius 3 is 2.56 bits per heavy atom. The summed E-state index contributed by atoms with van der Waals surface area (Å²) < 4.78 is 0. The van der Waals surface area contributed by atoms with Crippen LogP contribution in [0.4, 0.5) is 0 Å². The average Bonchev–Trinajstić information content (AvgIpc) is 3.17. The summed E-state index contributed by atoms with van der Waals surface area (Å²) in [5.74, 6) is 2.53. The summed E-state index contributed by atoms with van der Waals surface area (Å²) >= 11 is 0. The van der Waals surface area contributed by atoms with Crippen LogP contribution in [0, 0.1) is 29.1 Å². The van der Waals surface area contributed by atoms with Gasteiger partial charge in [-0.1, -0.05) is 48.9 Å². The zero-order chi connectivity index (χ0) is 24.9. The van der Waals surface area contributed by atoms with Crippen LogP contribution in [-0.2, 0) is 4.79 Å². The monoisotopic (exact) mass is 484 g/mol. The van der Waals surface area contributed by atoms with Crippen molar-refractivity contribution in [3.05, 3.63) is 72.4 Å². The van der Waals surface area contributed by atoms with Crippen LogP contribution in [0.25, 0.3) is 11.1 Å². The number of benzene rings is 1. The number of ketones is 1. The normalized spacial score (nSPS) is 37.8. The van der Waals surface area contributed by atoms with Gasteiger partial charge in [-0.25, -0.2) is 9.97 Å². The van der Waals surface area contributed by atoms with Gasteiger partial charge in [0.2, 0.25) is 0 Å². The number of aliphatic hydroxyl groups excluding tert-OH is 1. The van der Waals surface area contributed by atoms with E-state index in [4.69, 9.17) is 0 Å². The molecule has 3 saturated carbocycles. The van der Waals surface area contributed by atoms with E-state index in [-0.39, 0.29) is 17.8 Å². The molecule has 2 N–H and O–H groups in total. The number of carbonyl (C=O) groups is 1. The second kappa shape index (κ2) is 9.04. The van der Waals surface area contributed by atoms with Crippen molar-refractivity contribution in [1.29, 1.82) is 0 Å². The molecule has 6 rings (SSSR count). The predicted octanol–water partition coefficient (Wildman–Crippen LogP) is 5.26. The van der Waals surface area contributed by atoms with Gasteiger partial charge in [0.15, 0.2) is 5.78 Å². The van der Waals surface area contributed by atoms with Gasteiger partial charge in [0, 0.05) is 29.8 Å². The second-order valence-corrected chi connectivity index (χ2v) is 11.7. The number of fused-ring (bicyclic) bond motifs is 5. The number of hydrogen-bond donors (Lipinski definition) is 2. The van der Waals surface area contributed by atoms with E-state index >= 15 is 0 Å². The zero-order valence-electron chi connectivity index (χ0n) is 21.0. The summed E-state index contributed by atoms with van der Waals surface area (Å²) in [5.41, 5.74) is 3.65. The molecule has 5 nitrogen and oxygen atoms in total. The third-order valence-electron chi connectivity index (χ3n) is 10.3. The van der Waals surface area contributed by atoms with Crippen LogP contribution in [0.15, 0.2) is 66.8 Å². The van der Waals surface area contributed by atoms with E-state index in [1.54, 1.807) is 12.4 Å². The van der Waals surface area contributed by atoms with Gasteiger partial charge >= 0.3 is 0 Å². The Bertz CT molecular complexity index is 1190. The van der Waals surface area contributed by atoms with E-state index in [1.807, 2.05) is 24.5 Å².